The zero-order valence-electron chi connectivity index (χ0n) is 18.4. The van der Waals surface area contributed by atoms with Gasteiger partial charge < -0.3 is 14.7 Å². The van der Waals surface area contributed by atoms with E-state index in [-0.39, 0.29) is 35.7 Å². The number of fused-ring (bicyclic) bond motifs is 1. The molecule has 8 nitrogen and oxygen atoms in total. The van der Waals surface area contributed by atoms with Crippen LogP contribution >= 0.6 is 0 Å². The van der Waals surface area contributed by atoms with E-state index in [0.29, 0.717) is 31.3 Å². The first-order valence-electron chi connectivity index (χ1n) is 11.3. The standard InChI is InChI=1S/C23H26FN3O3.CH2O2/c24-18-5-3-4-16-6-7-19(25-20(16)18)21(28)27-12-8-23(9-13-27)14-17(30-22(23)29)15-26-10-1-2-11-26;2-1-3/h3-7,17H,1-2,8-15H2;1H,(H,2,3). The van der Waals surface area contributed by atoms with Crippen LogP contribution in [0.4, 0.5) is 4.39 Å². The number of ether oxygens (including phenoxy) is 1. The van der Waals surface area contributed by atoms with Crippen molar-refractivity contribution in [3.8, 4) is 0 Å². The van der Waals surface area contributed by atoms with E-state index >= 15 is 0 Å². The third-order valence-electron chi connectivity index (χ3n) is 6.88. The van der Waals surface area contributed by atoms with Gasteiger partial charge in [-0.05, 0) is 50.9 Å². The Morgan fingerprint density at radius 1 is 1.18 bits per heavy atom. The smallest absolute Gasteiger partial charge is 0.312 e. The second kappa shape index (κ2) is 9.82. The van der Waals surface area contributed by atoms with Gasteiger partial charge in [-0.1, -0.05) is 18.2 Å². The largest absolute Gasteiger partial charge is 0.483 e. The number of halogens is 1. The monoisotopic (exact) mass is 457 g/mol. The summed E-state index contributed by atoms with van der Waals surface area (Å²) in [6.45, 7) is 3.72. The molecular weight excluding hydrogens is 429 g/mol. The quantitative estimate of drug-likeness (QED) is 0.559. The number of carbonyl (C=O) groups is 3. The number of likely N-dealkylation sites (tertiary alicyclic amines) is 2. The van der Waals surface area contributed by atoms with E-state index in [9.17, 15) is 14.0 Å². The predicted octanol–water partition coefficient (Wildman–Crippen LogP) is 2.71. The van der Waals surface area contributed by atoms with Crippen LogP contribution < -0.4 is 0 Å². The summed E-state index contributed by atoms with van der Waals surface area (Å²) in [5, 5.41) is 7.56. The number of hydrogen-bond acceptors (Lipinski definition) is 6. The Morgan fingerprint density at radius 2 is 1.88 bits per heavy atom. The summed E-state index contributed by atoms with van der Waals surface area (Å²) in [6, 6.07) is 8.11. The lowest BCUT2D eigenvalue weighted by Crippen LogP contribution is -2.45. The normalized spacial score (nSPS) is 22.2. The molecule has 0 radical (unpaired) electrons. The van der Waals surface area contributed by atoms with E-state index in [1.54, 1.807) is 29.2 Å². The van der Waals surface area contributed by atoms with Gasteiger partial charge in [-0.25, -0.2) is 9.37 Å². The average molecular weight is 458 g/mol. The van der Waals surface area contributed by atoms with Gasteiger partial charge in [0.05, 0.1) is 5.41 Å². The highest BCUT2D eigenvalue weighted by atomic mass is 19.1. The number of rotatable bonds is 3. The summed E-state index contributed by atoms with van der Waals surface area (Å²) in [6.07, 6.45) is 4.35. The fraction of sp³-hybridized carbons (Fsp3) is 0.500. The number of amides is 1. The molecule has 3 saturated heterocycles. The molecular formula is C24H28FN3O5. The molecule has 0 bridgehead atoms. The lowest BCUT2D eigenvalue weighted by Gasteiger charge is -2.36. The van der Waals surface area contributed by atoms with Gasteiger partial charge in [-0.3, -0.25) is 19.3 Å². The molecule has 3 aliphatic rings. The second-order valence-electron chi connectivity index (χ2n) is 8.93. The topological polar surface area (TPSA) is 100 Å². The SMILES string of the molecule is O=C(c1ccc2cccc(F)c2n1)N1CCC2(CC1)CC(CN1CCCC1)OC2=O.O=CO. The molecule has 1 N–H and O–H groups in total. The summed E-state index contributed by atoms with van der Waals surface area (Å²) in [4.78, 5) is 42.3. The van der Waals surface area contributed by atoms with Crippen LogP contribution in [0, 0.1) is 11.2 Å². The van der Waals surface area contributed by atoms with Gasteiger partial charge in [0.2, 0.25) is 0 Å². The maximum absolute atomic E-state index is 14.1. The number of nitrogens with zero attached hydrogens (tertiary/aromatic N) is 3. The summed E-state index contributed by atoms with van der Waals surface area (Å²) in [7, 11) is 0. The number of carbonyl (C=O) groups excluding carboxylic acids is 2. The van der Waals surface area contributed by atoms with Gasteiger partial charge in [0.15, 0.2) is 0 Å². The zero-order chi connectivity index (χ0) is 23.4. The molecule has 1 aromatic heterocycles. The Kier molecular flexibility index (Phi) is 6.88. The maximum atomic E-state index is 14.1. The number of hydrogen-bond donors (Lipinski definition) is 1. The summed E-state index contributed by atoms with van der Waals surface area (Å²) < 4.78 is 19.8. The van der Waals surface area contributed by atoms with E-state index in [2.05, 4.69) is 9.88 Å². The van der Waals surface area contributed by atoms with Gasteiger partial charge in [0, 0.05) is 31.4 Å². The highest BCUT2D eigenvalue weighted by Gasteiger charge is 2.51. The van der Waals surface area contributed by atoms with Crippen LogP contribution in [0.5, 0.6) is 0 Å². The van der Waals surface area contributed by atoms with Crippen LogP contribution in [0.3, 0.4) is 0 Å². The lowest BCUT2D eigenvalue weighted by atomic mass is 9.76. The number of para-hydroxylation sites is 1. The number of cyclic esters (lactones) is 1. The van der Waals surface area contributed by atoms with E-state index in [1.807, 2.05) is 0 Å². The Morgan fingerprint density at radius 3 is 2.58 bits per heavy atom. The number of pyridine rings is 1. The minimum Gasteiger partial charge on any atom is -0.483 e. The van der Waals surface area contributed by atoms with Gasteiger partial charge in [0.25, 0.3) is 12.4 Å². The summed E-state index contributed by atoms with van der Waals surface area (Å²) in [5.41, 5.74) is -0.0187. The Balaban J connectivity index is 0.000000821. The van der Waals surface area contributed by atoms with E-state index in [1.165, 1.54) is 18.9 Å². The fourth-order valence-electron chi connectivity index (χ4n) is 5.13. The third-order valence-corrected chi connectivity index (χ3v) is 6.88. The predicted molar refractivity (Wildman–Crippen MR) is 118 cm³/mol. The van der Waals surface area contributed by atoms with Crippen molar-refractivity contribution in [1.29, 1.82) is 0 Å². The molecule has 1 unspecified atom stereocenters. The minimum atomic E-state index is -0.468. The van der Waals surface area contributed by atoms with Crippen molar-refractivity contribution < 1.29 is 28.6 Å². The van der Waals surface area contributed by atoms with E-state index in [0.717, 1.165) is 26.1 Å². The third kappa shape index (κ3) is 4.83. The molecule has 0 saturated carbocycles. The summed E-state index contributed by atoms with van der Waals surface area (Å²) in [5.74, 6) is -0.753. The van der Waals surface area contributed by atoms with Crippen LogP contribution in [-0.4, -0.2) is 77.1 Å². The first-order chi connectivity index (χ1) is 16.0. The van der Waals surface area contributed by atoms with Gasteiger partial charge in [0.1, 0.15) is 23.1 Å². The Labute approximate surface area is 191 Å². The van der Waals surface area contributed by atoms with Crippen molar-refractivity contribution in [2.45, 2.75) is 38.2 Å². The molecule has 1 spiro atoms. The van der Waals surface area contributed by atoms with Gasteiger partial charge >= 0.3 is 5.97 Å². The Hall–Kier alpha value is -3.07. The molecule has 1 aromatic carbocycles. The van der Waals surface area contributed by atoms with Crippen LogP contribution in [0.25, 0.3) is 10.9 Å². The number of esters is 1. The van der Waals surface area contributed by atoms with E-state index in [4.69, 9.17) is 14.6 Å². The molecule has 1 atom stereocenters. The van der Waals surface area contributed by atoms with Crippen molar-refractivity contribution in [2.75, 3.05) is 32.7 Å². The number of piperidine rings is 1. The maximum Gasteiger partial charge on any atom is 0.312 e. The number of aromatic nitrogens is 1. The lowest BCUT2D eigenvalue weighted by molar-refractivity contribution is -0.151. The van der Waals surface area contributed by atoms with Crippen molar-refractivity contribution in [3.05, 3.63) is 41.8 Å². The molecule has 5 rings (SSSR count). The second-order valence-corrected chi connectivity index (χ2v) is 8.93. The summed E-state index contributed by atoms with van der Waals surface area (Å²) >= 11 is 0. The molecule has 1 amide bonds. The molecule has 4 heterocycles. The molecule has 33 heavy (non-hydrogen) atoms. The van der Waals surface area contributed by atoms with Crippen molar-refractivity contribution in [2.24, 2.45) is 5.41 Å². The van der Waals surface area contributed by atoms with Crippen LogP contribution in [0.1, 0.15) is 42.6 Å². The molecule has 176 valence electrons. The van der Waals surface area contributed by atoms with E-state index < -0.39 is 11.2 Å². The van der Waals surface area contributed by atoms with Crippen LogP contribution in [0.2, 0.25) is 0 Å². The Bertz CT molecular complexity index is 1030. The first-order valence-corrected chi connectivity index (χ1v) is 11.3. The van der Waals surface area contributed by atoms with Crippen molar-refractivity contribution >= 4 is 29.3 Å². The molecule has 9 heteroatoms. The number of benzene rings is 1. The minimum absolute atomic E-state index is 0.0389. The molecule has 2 aromatic rings. The molecule has 0 aliphatic carbocycles. The van der Waals surface area contributed by atoms with Crippen LogP contribution in [-0.2, 0) is 14.3 Å². The van der Waals surface area contributed by atoms with Crippen molar-refractivity contribution in [3.63, 3.8) is 0 Å². The fourth-order valence-corrected chi connectivity index (χ4v) is 5.13. The van der Waals surface area contributed by atoms with Crippen LogP contribution in [0.15, 0.2) is 30.3 Å². The highest BCUT2D eigenvalue weighted by Crippen LogP contribution is 2.43. The highest BCUT2D eigenvalue weighted by molar-refractivity contribution is 5.95. The van der Waals surface area contributed by atoms with Gasteiger partial charge in [-0.2, -0.15) is 0 Å². The van der Waals surface area contributed by atoms with Gasteiger partial charge in [-0.15, -0.1) is 0 Å². The first kappa shape index (κ1) is 23.1. The average Bonchev–Trinajstić information content (AvgIpc) is 3.42. The zero-order valence-corrected chi connectivity index (χ0v) is 18.4. The number of carboxylic acid groups (broad SMARTS) is 1. The molecule has 3 fully saturated rings. The van der Waals surface area contributed by atoms with Crippen molar-refractivity contribution in [1.82, 2.24) is 14.8 Å². The molecule has 3 aliphatic heterocycles.